The normalized spacial score (nSPS) is 20.4. The molecular weight excluding hydrogens is 242 g/mol. The van der Waals surface area contributed by atoms with Crippen LogP contribution in [0.5, 0.6) is 0 Å². The summed E-state index contributed by atoms with van der Waals surface area (Å²) in [5.74, 6) is -0.437. The summed E-state index contributed by atoms with van der Waals surface area (Å²) in [6, 6.07) is 0. The first-order chi connectivity index (χ1) is 7.97. The maximum Gasteiger partial charge on any atom is 0.211 e. The molecule has 0 aromatic rings. The van der Waals surface area contributed by atoms with Crippen LogP contribution in [0.4, 0.5) is 0 Å². The predicted octanol–water partition coefficient (Wildman–Crippen LogP) is 1.25. The summed E-state index contributed by atoms with van der Waals surface area (Å²) in [6.45, 7) is 5.55. The molecule has 0 aliphatic carbocycles. The Morgan fingerprint density at radius 1 is 1.29 bits per heavy atom. The van der Waals surface area contributed by atoms with Crippen molar-refractivity contribution in [1.29, 1.82) is 0 Å². The first-order valence-corrected chi connectivity index (χ1v) is 7.88. The predicted molar refractivity (Wildman–Crippen MR) is 66.2 cm³/mol. The quantitative estimate of drug-likeness (QED) is 0.752. The third-order valence-corrected chi connectivity index (χ3v) is 4.24. The molecule has 0 saturated carbocycles. The van der Waals surface area contributed by atoms with Crippen LogP contribution in [0.3, 0.4) is 0 Å². The number of hydrogen-bond acceptors (Lipinski definition) is 4. The zero-order chi connectivity index (χ0) is 12.8. The minimum atomic E-state index is -3.13. The highest BCUT2D eigenvalue weighted by Gasteiger charge is 2.28. The van der Waals surface area contributed by atoms with Crippen LogP contribution in [0.15, 0.2) is 0 Å². The molecule has 1 fully saturated rings. The summed E-state index contributed by atoms with van der Waals surface area (Å²) < 4.78 is 36.7. The van der Waals surface area contributed by atoms with E-state index in [2.05, 4.69) is 4.72 Å². The smallest absolute Gasteiger partial charge is 0.211 e. The SMILES string of the molecule is CCCCS(=O)(=O)NCCC1(C)OCCCO1. The van der Waals surface area contributed by atoms with E-state index in [0.717, 1.165) is 12.8 Å². The fraction of sp³-hybridized carbons (Fsp3) is 1.00. The van der Waals surface area contributed by atoms with Gasteiger partial charge in [0, 0.05) is 13.0 Å². The largest absolute Gasteiger partial charge is 0.350 e. The first kappa shape index (κ1) is 14.9. The lowest BCUT2D eigenvalue weighted by Crippen LogP contribution is -2.41. The third-order valence-electron chi connectivity index (χ3n) is 2.77. The summed E-state index contributed by atoms with van der Waals surface area (Å²) in [4.78, 5) is 0. The van der Waals surface area contributed by atoms with E-state index in [4.69, 9.17) is 9.47 Å². The lowest BCUT2D eigenvalue weighted by atomic mass is 10.2. The fourth-order valence-electron chi connectivity index (χ4n) is 1.66. The van der Waals surface area contributed by atoms with E-state index in [-0.39, 0.29) is 5.75 Å². The minimum absolute atomic E-state index is 0.196. The van der Waals surface area contributed by atoms with Crippen molar-refractivity contribution in [2.45, 2.75) is 45.3 Å². The molecular formula is C11H23NO4S. The van der Waals surface area contributed by atoms with E-state index in [1.807, 2.05) is 13.8 Å². The van der Waals surface area contributed by atoms with Crippen molar-refractivity contribution in [3.05, 3.63) is 0 Å². The van der Waals surface area contributed by atoms with Gasteiger partial charge in [-0.2, -0.15) is 0 Å². The van der Waals surface area contributed by atoms with Gasteiger partial charge in [-0.05, 0) is 19.8 Å². The van der Waals surface area contributed by atoms with E-state index in [0.29, 0.717) is 32.6 Å². The molecule has 5 nitrogen and oxygen atoms in total. The molecule has 0 radical (unpaired) electrons. The highest BCUT2D eigenvalue weighted by atomic mass is 32.2. The number of sulfonamides is 1. The van der Waals surface area contributed by atoms with Crippen molar-refractivity contribution in [2.75, 3.05) is 25.5 Å². The van der Waals surface area contributed by atoms with Crippen molar-refractivity contribution < 1.29 is 17.9 Å². The molecule has 0 aromatic carbocycles. The van der Waals surface area contributed by atoms with Gasteiger partial charge in [-0.1, -0.05) is 13.3 Å². The second-order valence-corrected chi connectivity index (χ2v) is 6.43. The molecule has 0 atom stereocenters. The monoisotopic (exact) mass is 265 g/mol. The summed E-state index contributed by atoms with van der Waals surface area (Å²) in [5.41, 5.74) is 0. The Hall–Kier alpha value is -0.170. The van der Waals surface area contributed by atoms with Crippen LogP contribution in [0.2, 0.25) is 0 Å². The molecule has 17 heavy (non-hydrogen) atoms. The second kappa shape index (κ2) is 6.68. The molecule has 0 spiro atoms. The Bertz CT molecular complexity index is 309. The zero-order valence-corrected chi connectivity index (χ0v) is 11.5. The Morgan fingerprint density at radius 2 is 1.94 bits per heavy atom. The van der Waals surface area contributed by atoms with Crippen molar-refractivity contribution in [1.82, 2.24) is 4.72 Å². The zero-order valence-electron chi connectivity index (χ0n) is 10.7. The van der Waals surface area contributed by atoms with Gasteiger partial charge < -0.3 is 9.47 Å². The van der Waals surface area contributed by atoms with Crippen LogP contribution in [0.25, 0.3) is 0 Å². The summed E-state index contributed by atoms with van der Waals surface area (Å²) >= 11 is 0. The van der Waals surface area contributed by atoms with Gasteiger partial charge in [0.2, 0.25) is 10.0 Å². The van der Waals surface area contributed by atoms with E-state index in [9.17, 15) is 8.42 Å². The van der Waals surface area contributed by atoms with Gasteiger partial charge in [0.15, 0.2) is 5.79 Å². The Morgan fingerprint density at radius 3 is 2.53 bits per heavy atom. The lowest BCUT2D eigenvalue weighted by molar-refractivity contribution is -0.257. The highest BCUT2D eigenvalue weighted by Crippen LogP contribution is 2.21. The summed E-state index contributed by atoms with van der Waals surface area (Å²) in [6.07, 6.45) is 3.01. The maximum atomic E-state index is 11.5. The number of nitrogens with one attached hydrogen (secondary N) is 1. The molecule has 102 valence electrons. The van der Waals surface area contributed by atoms with Gasteiger partial charge in [-0.25, -0.2) is 13.1 Å². The number of ether oxygens (including phenoxy) is 2. The number of unbranched alkanes of at least 4 members (excludes halogenated alkanes) is 1. The van der Waals surface area contributed by atoms with Crippen LogP contribution in [-0.2, 0) is 19.5 Å². The molecule has 1 saturated heterocycles. The highest BCUT2D eigenvalue weighted by molar-refractivity contribution is 7.89. The molecule has 1 N–H and O–H groups in total. The lowest BCUT2D eigenvalue weighted by Gasteiger charge is -2.33. The second-order valence-electron chi connectivity index (χ2n) is 4.50. The van der Waals surface area contributed by atoms with Crippen molar-refractivity contribution >= 4 is 10.0 Å². The number of hydrogen-bond donors (Lipinski definition) is 1. The Kier molecular flexibility index (Phi) is 5.85. The molecule has 0 bridgehead atoms. The fourth-order valence-corrected chi connectivity index (χ4v) is 2.89. The van der Waals surface area contributed by atoms with Gasteiger partial charge in [-0.3, -0.25) is 0 Å². The van der Waals surface area contributed by atoms with Crippen LogP contribution >= 0.6 is 0 Å². The van der Waals surface area contributed by atoms with E-state index < -0.39 is 15.8 Å². The minimum Gasteiger partial charge on any atom is -0.350 e. The van der Waals surface area contributed by atoms with Crippen LogP contribution < -0.4 is 4.72 Å². The molecule has 0 amide bonds. The molecule has 6 heteroatoms. The molecule has 1 aliphatic rings. The van der Waals surface area contributed by atoms with Crippen molar-refractivity contribution in [3.8, 4) is 0 Å². The number of rotatable bonds is 7. The van der Waals surface area contributed by atoms with Gasteiger partial charge in [-0.15, -0.1) is 0 Å². The Balaban J connectivity index is 2.26. The molecule has 0 aromatic heterocycles. The van der Waals surface area contributed by atoms with Crippen LogP contribution in [0.1, 0.15) is 39.5 Å². The molecule has 1 heterocycles. The van der Waals surface area contributed by atoms with Crippen LogP contribution in [0, 0.1) is 0 Å². The molecule has 1 rings (SSSR count). The van der Waals surface area contributed by atoms with E-state index >= 15 is 0 Å². The molecule has 0 unspecified atom stereocenters. The summed E-state index contributed by atoms with van der Waals surface area (Å²) in [7, 11) is -3.13. The average molecular weight is 265 g/mol. The van der Waals surface area contributed by atoms with Crippen molar-refractivity contribution in [3.63, 3.8) is 0 Å². The standard InChI is InChI=1S/C11H23NO4S/c1-3-4-10-17(13,14)12-7-6-11(2)15-8-5-9-16-11/h12H,3-10H2,1-2H3. The van der Waals surface area contributed by atoms with E-state index in [1.54, 1.807) is 0 Å². The van der Waals surface area contributed by atoms with Gasteiger partial charge in [0.25, 0.3) is 0 Å². The van der Waals surface area contributed by atoms with Gasteiger partial charge in [0.05, 0.1) is 19.0 Å². The summed E-state index contributed by atoms with van der Waals surface area (Å²) in [5, 5.41) is 0. The van der Waals surface area contributed by atoms with Gasteiger partial charge >= 0.3 is 0 Å². The molecule has 1 aliphatic heterocycles. The van der Waals surface area contributed by atoms with Gasteiger partial charge in [0.1, 0.15) is 0 Å². The first-order valence-electron chi connectivity index (χ1n) is 6.23. The van der Waals surface area contributed by atoms with E-state index in [1.165, 1.54) is 0 Å². The topological polar surface area (TPSA) is 64.6 Å². The third kappa shape index (κ3) is 5.81. The maximum absolute atomic E-state index is 11.5. The Labute approximate surface area is 104 Å². The van der Waals surface area contributed by atoms with Crippen molar-refractivity contribution in [2.24, 2.45) is 0 Å². The van der Waals surface area contributed by atoms with Crippen LogP contribution in [-0.4, -0.2) is 39.7 Å². The average Bonchev–Trinajstić information content (AvgIpc) is 2.27.